The molecule has 1 amide bonds. The summed E-state index contributed by atoms with van der Waals surface area (Å²) in [5, 5.41) is 3.75. The van der Waals surface area contributed by atoms with E-state index in [1.54, 1.807) is 11.3 Å². The van der Waals surface area contributed by atoms with E-state index in [0.29, 0.717) is 12.3 Å². The van der Waals surface area contributed by atoms with Crippen LogP contribution in [0.5, 0.6) is 5.75 Å². The average molecular weight is 366 g/mol. The van der Waals surface area contributed by atoms with Crippen molar-refractivity contribution in [2.24, 2.45) is 0 Å². The number of aromatic nitrogens is 1. The first kappa shape index (κ1) is 18.1. The highest BCUT2D eigenvalue weighted by molar-refractivity contribution is 7.11. The zero-order valence-electron chi connectivity index (χ0n) is 15.0. The molecule has 0 aliphatic heterocycles. The van der Waals surface area contributed by atoms with Gasteiger partial charge in [-0.2, -0.15) is 0 Å². The first-order chi connectivity index (χ1) is 12.6. The van der Waals surface area contributed by atoms with Gasteiger partial charge in [-0.25, -0.2) is 4.98 Å². The molecule has 0 saturated heterocycles. The van der Waals surface area contributed by atoms with Crippen molar-refractivity contribution in [3.05, 3.63) is 81.3 Å². The summed E-state index contributed by atoms with van der Waals surface area (Å²) in [6, 6.07) is 16.1. The van der Waals surface area contributed by atoms with Gasteiger partial charge in [0.05, 0.1) is 6.54 Å². The number of nitrogens with one attached hydrogen (secondary N) is 1. The van der Waals surface area contributed by atoms with E-state index < -0.39 is 0 Å². The van der Waals surface area contributed by atoms with E-state index in [-0.39, 0.29) is 12.5 Å². The Bertz CT molecular complexity index is 854. The Kier molecular flexibility index (Phi) is 6.02. The smallest absolute Gasteiger partial charge is 0.258 e. The second-order valence-corrected chi connectivity index (χ2v) is 7.46. The fourth-order valence-corrected chi connectivity index (χ4v) is 3.32. The van der Waals surface area contributed by atoms with Crippen LogP contribution in [0, 0.1) is 13.8 Å². The molecule has 3 rings (SSSR count). The summed E-state index contributed by atoms with van der Waals surface area (Å²) in [4.78, 5) is 17.5. The number of ether oxygens (including phenoxy) is 1. The van der Waals surface area contributed by atoms with E-state index in [4.69, 9.17) is 4.74 Å². The molecule has 0 aliphatic rings. The van der Waals surface area contributed by atoms with Crippen LogP contribution in [0.1, 0.15) is 26.6 Å². The quantitative estimate of drug-likeness (QED) is 0.686. The molecule has 3 aromatic rings. The SMILES string of the molecule is Cc1ccc(Cc2cnc(CNC(=O)COc3ccc(C)cc3)s2)cc1. The third-order valence-electron chi connectivity index (χ3n) is 3.93. The number of carbonyl (C=O) groups excluding carboxylic acids is 1. The molecule has 1 aromatic heterocycles. The molecule has 0 atom stereocenters. The summed E-state index contributed by atoms with van der Waals surface area (Å²) >= 11 is 1.62. The van der Waals surface area contributed by atoms with Crippen molar-refractivity contribution in [1.82, 2.24) is 10.3 Å². The van der Waals surface area contributed by atoms with Crippen LogP contribution in [0.15, 0.2) is 54.7 Å². The molecule has 0 aliphatic carbocycles. The first-order valence-corrected chi connectivity index (χ1v) is 9.35. The van der Waals surface area contributed by atoms with Crippen molar-refractivity contribution in [2.45, 2.75) is 26.8 Å². The lowest BCUT2D eigenvalue weighted by Gasteiger charge is -2.06. The second kappa shape index (κ2) is 8.63. The van der Waals surface area contributed by atoms with Gasteiger partial charge < -0.3 is 10.1 Å². The minimum absolute atomic E-state index is 0.00462. The Labute approximate surface area is 157 Å². The van der Waals surface area contributed by atoms with Crippen LogP contribution < -0.4 is 10.1 Å². The maximum atomic E-state index is 11.9. The lowest BCUT2D eigenvalue weighted by Crippen LogP contribution is -2.28. The topological polar surface area (TPSA) is 51.2 Å². The van der Waals surface area contributed by atoms with Crippen LogP contribution in [-0.4, -0.2) is 17.5 Å². The van der Waals surface area contributed by atoms with E-state index in [2.05, 4.69) is 41.5 Å². The molecular formula is C21H22N2O2S. The number of hydrogen-bond donors (Lipinski definition) is 1. The summed E-state index contributed by atoms with van der Waals surface area (Å²) in [5.41, 5.74) is 3.68. The summed E-state index contributed by atoms with van der Waals surface area (Å²) in [7, 11) is 0. The van der Waals surface area contributed by atoms with Gasteiger partial charge in [0.2, 0.25) is 0 Å². The molecule has 0 radical (unpaired) electrons. The summed E-state index contributed by atoms with van der Waals surface area (Å²) in [6.07, 6.45) is 2.75. The van der Waals surface area contributed by atoms with Gasteiger partial charge in [-0.1, -0.05) is 47.5 Å². The number of thiazole rings is 1. The van der Waals surface area contributed by atoms with Gasteiger partial charge in [0.1, 0.15) is 10.8 Å². The monoisotopic (exact) mass is 366 g/mol. The van der Waals surface area contributed by atoms with E-state index in [1.165, 1.54) is 16.0 Å². The second-order valence-electron chi connectivity index (χ2n) is 6.26. The Morgan fingerprint density at radius 1 is 1.04 bits per heavy atom. The lowest BCUT2D eigenvalue weighted by atomic mass is 10.1. The Morgan fingerprint density at radius 2 is 1.69 bits per heavy atom. The highest BCUT2D eigenvalue weighted by atomic mass is 32.1. The molecule has 2 aromatic carbocycles. The molecule has 134 valence electrons. The van der Waals surface area contributed by atoms with E-state index in [0.717, 1.165) is 17.0 Å². The normalized spacial score (nSPS) is 10.5. The van der Waals surface area contributed by atoms with Gasteiger partial charge in [-0.15, -0.1) is 11.3 Å². The van der Waals surface area contributed by atoms with Crippen LogP contribution in [0.4, 0.5) is 0 Å². The summed E-state index contributed by atoms with van der Waals surface area (Å²) in [5.74, 6) is 0.543. The van der Waals surface area contributed by atoms with Crippen molar-refractivity contribution in [2.75, 3.05) is 6.61 Å². The molecule has 1 N–H and O–H groups in total. The Hall–Kier alpha value is -2.66. The number of amides is 1. The maximum Gasteiger partial charge on any atom is 0.258 e. The third kappa shape index (κ3) is 5.43. The van der Waals surface area contributed by atoms with Crippen LogP contribution in [0.3, 0.4) is 0 Å². The van der Waals surface area contributed by atoms with Crippen molar-refractivity contribution < 1.29 is 9.53 Å². The minimum atomic E-state index is -0.152. The van der Waals surface area contributed by atoms with Gasteiger partial charge in [0, 0.05) is 17.5 Å². The Balaban J connectivity index is 1.44. The van der Waals surface area contributed by atoms with Crippen LogP contribution in [0.2, 0.25) is 0 Å². The summed E-state index contributed by atoms with van der Waals surface area (Å²) < 4.78 is 5.48. The molecule has 4 nitrogen and oxygen atoms in total. The Morgan fingerprint density at radius 3 is 2.38 bits per heavy atom. The minimum Gasteiger partial charge on any atom is -0.484 e. The van der Waals surface area contributed by atoms with Crippen molar-refractivity contribution in [3.8, 4) is 5.75 Å². The number of aryl methyl sites for hydroxylation is 2. The predicted molar refractivity (Wildman–Crippen MR) is 105 cm³/mol. The number of carbonyl (C=O) groups is 1. The van der Waals surface area contributed by atoms with E-state index in [9.17, 15) is 4.79 Å². The molecule has 0 saturated carbocycles. The molecule has 0 unspecified atom stereocenters. The zero-order valence-corrected chi connectivity index (χ0v) is 15.8. The van der Waals surface area contributed by atoms with Gasteiger partial charge >= 0.3 is 0 Å². The number of benzene rings is 2. The van der Waals surface area contributed by atoms with E-state index >= 15 is 0 Å². The molecule has 0 spiro atoms. The van der Waals surface area contributed by atoms with Crippen LogP contribution in [0.25, 0.3) is 0 Å². The molecular weight excluding hydrogens is 344 g/mol. The third-order valence-corrected chi connectivity index (χ3v) is 4.93. The fourth-order valence-electron chi connectivity index (χ4n) is 2.43. The zero-order chi connectivity index (χ0) is 18.4. The number of rotatable bonds is 7. The fraction of sp³-hybridized carbons (Fsp3) is 0.238. The largest absolute Gasteiger partial charge is 0.484 e. The van der Waals surface area contributed by atoms with Crippen molar-refractivity contribution in [1.29, 1.82) is 0 Å². The summed E-state index contributed by atoms with van der Waals surface area (Å²) in [6.45, 7) is 4.52. The van der Waals surface area contributed by atoms with Crippen LogP contribution >= 0.6 is 11.3 Å². The molecule has 0 fully saturated rings. The van der Waals surface area contributed by atoms with Gasteiger partial charge in [0.15, 0.2) is 6.61 Å². The first-order valence-electron chi connectivity index (χ1n) is 8.54. The van der Waals surface area contributed by atoms with Crippen LogP contribution in [-0.2, 0) is 17.8 Å². The number of hydrogen-bond acceptors (Lipinski definition) is 4. The number of nitrogens with zero attached hydrogens (tertiary/aromatic N) is 1. The lowest BCUT2D eigenvalue weighted by molar-refractivity contribution is -0.123. The molecule has 1 heterocycles. The van der Waals surface area contributed by atoms with Crippen molar-refractivity contribution >= 4 is 17.2 Å². The molecule has 26 heavy (non-hydrogen) atoms. The van der Waals surface area contributed by atoms with E-state index in [1.807, 2.05) is 37.4 Å². The maximum absolute atomic E-state index is 11.9. The molecule has 0 bridgehead atoms. The average Bonchev–Trinajstić information content (AvgIpc) is 3.09. The van der Waals surface area contributed by atoms with Gasteiger partial charge in [-0.05, 0) is 31.5 Å². The highest BCUT2D eigenvalue weighted by Crippen LogP contribution is 2.17. The van der Waals surface area contributed by atoms with Gasteiger partial charge in [0.25, 0.3) is 5.91 Å². The predicted octanol–water partition coefficient (Wildman–Crippen LogP) is 4.05. The molecule has 5 heteroatoms. The van der Waals surface area contributed by atoms with Gasteiger partial charge in [-0.3, -0.25) is 4.79 Å². The highest BCUT2D eigenvalue weighted by Gasteiger charge is 2.07. The van der Waals surface area contributed by atoms with Crippen molar-refractivity contribution in [3.63, 3.8) is 0 Å². The standard InChI is InChI=1S/C21H22N2O2S/c1-15-3-7-17(8-4-15)11-19-12-23-21(26-19)13-22-20(24)14-25-18-9-5-16(2)6-10-18/h3-10,12H,11,13-14H2,1-2H3,(H,22,24).